The predicted molar refractivity (Wildman–Crippen MR) is 56.9 cm³/mol. The van der Waals surface area contributed by atoms with Gasteiger partial charge in [-0.2, -0.15) is 24.5 Å². The second-order valence-corrected chi connectivity index (χ2v) is 4.16. The van der Waals surface area contributed by atoms with Crippen molar-refractivity contribution in [3.63, 3.8) is 0 Å². The molecule has 82 valence electrons. The fourth-order valence-electron chi connectivity index (χ4n) is 0.704. The topological polar surface area (TPSA) is 68.5 Å². The van der Waals surface area contributed by atoms with Crippen molar-refractivity contribution >= 4 is 21.7 Å². The van der Waals surface area contributed by atoms with Crippen molar-refractivity contribution in [1.29, 1.82) is 0 Å². The lowest BCUT2D eigenvalue weighted by Crippen LogP contribution is -2.16. The molecule has 0 aliphatic carbocycles. The highest BCUT2D eigenvalue weighted by Crippen LogP contribution is 1.91. The van der Waals surface area contributed by atoms with E-state index >= 15 is 0 Å². The first-order chi connectivity index (χ1) is 7.08. The maximum absolute atomic E-state index is 10.0. The fraction of sp³-hybridized carbons (Fsp3) is 0. The van der Waals surface area contributed by atoms with E-state index in [1.54, 1.807) is 23.5 Å². The Balaban J connectivity index is 0.000000187. The zero-order valence-corrected chi connectivity index (χ0v) is 9.19. The van der Waals surface area contributed by atoms with Crippen LogP contribution in [-0.2, 0) is 10.4 Å². The van der Waals surface area contributed by atoms with Gasteiger partial charge in [-0.1, -0.05) is 12.1 Å². The molecule has 0 atom stereocenters. The highest BCUT2D eigenvalue weighted by atomic mass is 32.3. The summed E-state index contributed by atoms with van der Waals surface area (Å²) in [7, 11) is -4.38. The van der Waals surface area contributed by atoms with Gasteiger partial charge in [0, 0.05) is 12.4 Å². The van der Waals surface area contributed by atoms with Crippen molar-refractivity contribution in [2.24, 2.45) is 0 Å². The highest BCUT2D eigenvalue weighted by molar-refractivity contribution is 7.81. The molecule has 2 rings (SSSR count). The van der Waals surface area contributed by atoms with Gasteiger partial charge in [-0.25, -0.2) is 0 Å². The van der Waals surface area contributed by atoms with Gasteiger partial charge in [-0.3, -0.25) is 8.84 Å². The number of nitrogens with zero attached hydrogens (tertiary/aromatic N) is 1. The van der Waals surface area contributed by atoms with Crippen LogP contribution in [0.25, 0.3) is 0 Å². The monoisotopic (exact) mass is 247 g/mol. The van der Waals surface area contributed by atoms with E-state index < -0.39 is 10.4 Å². The summed E-state index contributed by atoms with van der Waals surface area (Å²) in [6.07, 6.45) is 2.68. The van der Waals surface area contributed by atoms with Gasteiger partial charge < -0.3 is 0 Å². The van der Waals surface area contributed by atoms with E-state index in [0.29, 0.717) is 0 Å². The largest absolute Gasteiger partial charge is 0.465 e. The van der Waals surface area contributed by atoms with Crippen LogP contribution in [0, 0.1) is 0 Å². The smallest absolute Gasteiger partial charge is 0.267 e. The minimum absolute atomic E-state index is 0.870. The lowest BCUT2D eigenvalue weighted by atomic mass is 10.7. The van der Waals surface area contributed by atoms with Crippen LogP contribution in [0.4, 0.5) is 0 Å². The Morgan fingerprint density at radius 2 is 1.60 bits per heavy atom. The van der Waals surface area contributed by atoms with E-state index in [9.17, 15) is 8.42 Å². The molecule has 0 aliphatic rings. The van der Waals surface area contributed by atoms with Gasteiger partial charge in [0.1, 0.15) is 0 Å². The molecular formula is C8H9NO4S2. The van der Waals surface area contributed by atoms with Crippen LogP contribution in [0.2, 0.25) is 0 Å². The SMILES string of the molecule is O=S(=O)(O)On1cccc1.c1ccsc1. The summed E-state index contributed by atoms with van der Waals surface area (Å²) < 4.78 is 33.0. The molecule has 0 unspecified atom stereocenters. The normalized spacial score (nSPS) is 10.2. The summed E-state index contributed by atoms with van der Waals surface area (Å²) in [5.41, 5.74) is 0. The summed E-state index contributed by atoms with van der Waals surface area (Å²) in [5, 5.41) is 4.08. The molecule has 0 spiro atoms. The molecule has 2 heterocycles. The number of hydrogen-bond acceptors (Lipinski definition) is 4. The Hall–Kier alpha value is -1.31. The predicted octanol–water partition coefficient (Wildman–Crippen LogP) is 1.47. The maximum Gasteiger partial charge on any atom is 0.465 e. The Labute approximate surface area is 91.5 Å². The van der Waals surface area contributed by atoms with Gasteiger partial charge >= 0.3 is 10.4 Å². The second-order valence-electron chi connectivity index (χ2n) is 2.34. The van der Waals surface area contributed by atoms with E-state index in [0.717, 1.165) is 4.73 Å². The summed E-state index contributed by atoms with van der Waals surface area (Å²) in [5.74, 6) is 0. The highest BCUT2D eigenvalue weighted by Gasteiger charge is 2.03. The lowest BCUT2D eigenvalue weighted by Gasteiger charge is -1.98. The Bertz CT molecular complexity index is 430. The summed E-state index contributed by atoms with van der Waals surface area (Å²) in [4.78, 5) is 0. The fourth-order valence-corrected chi connectivity index (χ4v) is 1.47. The van der Waals surface area contributed by atoms with E-state index in [4.69, 9.17) is 4.55 Å². The Morgan fingerprint density at radius 1 is 1.07 bits per heavy atom. The third-order valence-corrected chi connectivity index (χ3v) is 2.17. The molecule has 2 aromatic rings. The van der Waals surface area contributed by atoms with Gasteiger partial charge in [0.05, 0.1) is 0 Å². The van der Waals surface area contributed by atoms with Gasteiger partial charge in [0.2, 0.25) is 0 Å². The second kappa shape index (κ2) is 5.54. The van der Waals surface area contributed by atoms with E-state index in [1.807, 2.05) is 22.9 Å². The molecule has 1 N–H and O–H groups in total. The van der Waals surface area contributed by atoms with E-state index in [1.165, 1.54) is 12.4 Å². The molecule has 0 aliphatic heterocycles. The first kappa shape index (κ1) is 11.8. The van der Waals surface area contributed by atoms with Crippen LogP contribution < -0.4 is 4.28 Å². The van der Waals surface area contributed by atoms with Crippen LogP contribution in [0.1, 0.15) is 0 Å². The molecule has 5 nitrogen and oxygen atoms in total. The third kappa shape index (κ3) is 5.89. The maximum atomic E-state index is 10.0. The molecule has 15 heavy (non-hydrogen) atoms. The molecule has 0 fully saturated rings. The average Bonchev–Trinajstić information content (AvgIpc) is 2.71. The van der Waals surface area contributed by atoms with Gasteiger partial charge in [-0.05, 0) is 22.9 Å². The van der Waals surface area contributed by atoms with Crippen LogP contribution >= 0.6 is 11.3 Å². The van der Waals surface area contributed by atoms with Crippen molar-refractivity contribution in [3.8, 4) is 0 Å². The number of rotatable bonds is 2. The third-order valence-electron chi connectivity index (χ3n) is 1.18. The molecule has 0 bridgehead atoms. The van der Waals surface area contributed by atoms with E-state index in [2.05, 4.69) is 4.28 Å². The summed E-state index contributed by atoms with van der Waals surface area (Å²) in [6.45, 7) is 0. The standard InChI is InChI=1S/C4H5NO4S.C4H4S/c6-10(7,8)9-5-3-1-2-4-5;1-2-4-5-3-1/h1-4H,(H,6,7,8);1-4H. The molecular weight excluding hydrogens is 238 g/mol. The van der Waals surface area contributed by atoms with Crippen molar-refractivity contribution in [2.45, 2.75) is 0 Å². The van der Waals surface area contributed by atoms with Crippen molar-refractivity contribution < 1.29 is 17.3 Å². The minimum atomic E-state index is -4.38. The molecule has 7 heteroatoms. The van der Waals surface area contributed by atoms with Crippen LogP contribution in [-0.4, -0.2) is 17.7 Å². The van der Waals surface area contributed by atoms with Crippen LogP contribution in [0.15, 0.2) is 47.4 Å². The van der Waals surface area contributed by atoms with Gasteiger partial charge in [0.15, 0.2) is 0 Å². The molecule has 2 aromatic heterocycles. The van der Waals surface area contributed by atoms with Crippen molar-refractivity contribution in [1.82, 2.24) is 4.73 Å². The van der Waals surface area contributed by atoms with E-state index in [-0.39, 0.29) is 0 Å². The molecule has 0 radical (unpaired) electrons. The van der Waals surface area contributed by atoms with Crippen molar-refractivity contribution in [2.75, 3.05) is 0 Å². The lowest BCUT2D eigenvalue weighted by molar-refractivity contribution is 0.240. The van der Waals surface area contributed by atoms with Crippen molar-refractivity contribution in [3.05, 3.63) is 47.4 Å². The Kier molecular flexibility index (Phi) is 4.35. The summed E-state index contributed by atoms with van der Waals surface area (Å²) in [6, 6.07) is 7.16. The quantitative estimate of drug-likeness (QED) is 0.816. The minimum Gasteiger partial charge on any atom is -0.267 e. The molecule has 0 saturated carbocycles. The first-order valence-electron chi connectivity index (χ1n) is 3.85. The number of aromatic nitrogens is 1. The molecule has 0 saturated heterocycles. The molecule has 0 aromatic carbocycles. The van der Waals surface area contributed by atoms with Crippen LogP contribution in [0.3, 0.4) is 0 Å². The average molecular weight is 247 g/mol. The summed E-state index contributed by atoms with van der Waals surface area (Å²) >= 11 is 1.71. The van der Waals surface area contributed by atoms with Gasteiger partial charge in [-0.15, -0.1) is 0 Å². The number of hydrogen-bond donors (Lipinski definition) is 1. The van der Waals surface area contributed by atoms with Crippen LogP contribution in [0.5, 0.6) is 0 Å². The molecule has 0 amide bonds. The van der Waals surface area contributed by atoms with Gasteiger partial charge in [0.25, 0.3) is 0 Å². The number of thiophene rings is 1. The first-order valence-corrected chi connectivity index (χ1v) is 6.16. The Morgan fingerprint density at radius 3 is 1.93 bits per heavy atom. The zero-order valence-electron chi connectivity index (χ0n) is 7.55. The zero-order chi connectivity index (χ0) is 11.1.